The van der Waals surface area contributed by atoms with Gasteiger partial charge in [-0.05, 0) is 35.9 Å². The maximum Gasteiger partial charge on any atom is 0.323 e. The molecule has 0 heterocycles. The molecule has 0 radical (unpaired) electrons. The zero-order chi connectivity index (χ0) is 19.9. The van der Waals surface area contributed by atoms with Crippen molar-refractivity contribution in [2.24, 2.45) is 0 Å². The number of carbonyl (C=O) groups is 2. The normalized spacial score (nSPS) is 10.2. The van der Waals surface area contributed by atoms with E-state index in [1.807, 2.05) is 30.3 Å². The van der Waals surface area contributed by atoms with Crippen LogP contribution in [0.15, 0.2) is 78.9 Å². The van der Waals surface area contributed by atoms with Crippen LogP contribution >= 0.6 is 11.6 Å². The molecule has 0 aliphatic heterocycles. The highest BCUT2D eigenvalue weighted by molar-refractivity contribution is 6.30. The quantitative estimate of drug-likeness (QED) is 0.621. The number of nitrogens with one attached hydrogen (secondary N) is 2. The second-order valence-corrected chi connectivity index (χ2v) is 6.72. The van der Waals surface area contributed by atoms with Crippen molar-refractivity contribution in [3.8, 4) is 0 Å². The van der Waals surface area contributed by atoms with Gasteiger partial charge in [-0.25, -0.2) is 4.79 Å². The number of carbonyl (C=O) groups excluding carboxylic acids is 2. The zero-order valence-electron chi connectivity index (χ0n) is 15.4. The van der Waals surface area contributed by atoms with E-state index in [2.05, 4.69) is 10.6 Å². The first-order valence-electron chi connectivity index (χ1n) is 8.75. The third-order valence-electron chi connectivity index (χ3n) is 4.10. The Balaban J connectivity index is 1.71. The predicted octanol–water partition coefficient (Wildman–Crippen LogP) is 5.26. The molecule has 0 unspecified atom stereocenters. The lowest BCUT2D eigenvalue weighted by atomic mass is 10.1. The Labute approximate surface area is 168 Å². The van der Waals surface area contributed by atoms with Crippen LogP contribution in [0.4, 0.5) is 16.2 Å². The van der Waals surface area contributed by atoms with Crippen LogP contribution in [0.1, 0.15) is 15.9 Å². The van der Waals surface area contributed by atoms with Gasteiger partial charge in [-0.1, -0.05) is 60.1 Å². The monoisotopic (exact) mass is 393 g/mol. The fraction of sp³-hybridized carbons (Fsp3) is 0.0909. The summed E-state index contributed by atoms with van der Waals surface area (Å²) in [5.41, 5.74) is 2.45. The molecule has 0 spiro atoms. The van der Waals surface area contributed by atoms with Crippen LogP contribution in [0.25, 0.3) is 0 Å². The number of para-hydroxylation sites is 1. The molecule has 3 aromatic rings. The summed E-state index contributed by atoms with van der Waals surface area (Å²) in [5.74, 6) is -0.178. The number of benzene rings is 3. The van der Waals surface area contributed by atoms with Crippen LogP contribution in [0.3, 0.4) is 0 Å². The van der Waals surface area contributed by atoms with E-state index in [9.17, 15) is 9.59 Å². The number of halogens is 1. The zero-order valence-corrected chi connectivity index (χ0v) is 16.1. The summed E-state index contributed by atoms with van der Waals surface area (Å²) in [6, 6.07) is 23.0. The average Bonchev–Trinajstić information content (AvgIpc) is 2.68. The smallest absolute Gasteiger partial charge is 0.323 e. The first-order valence-corrected chi connectivity index (χ1v) is 9.13. The first kappa shape index (κ1) is 19.5. The number of anilines is 2. The minimum atomic E-state index is -0.451. The fourth-order valence-electron chi connectivity index (χ4n) is 2.76. The van der Waals surface area contributed by atoms with Gasteiger partial charge < -0.3 is 15.5 Å². The van der Waals surface area contributed by atoms with Gasteiger partial charge in [-0.2, -0.15) is 0 Å². The molecule has 142 valence electrons. The standard InChI is InChI=1S/C22H20ClN3O2/c1-26(15-16-8-3-2-4-9-16)21(27)19-12-5-6-13-20(19)25-22(28)24-18-11-7-10-17(23)14-18/h2-14H,15H2,1H3,(H2,24,25,28). The van der Waals surface area contributed by atoms with Crippen molar-refractivity contribution in [2.45, 2.75) is 6.54 Å². The molecule has 0 bridgehead atoms. The van der Waals surface area contributed by atoms with Crippen LogP contribution in [-0.4, -0.2) is 23.9 Å². The van der Waals surface area contributed by atoms with Crippen molar-refractivity contribution in [3.63, 3.8) is 0 Å². The molecule has 0 saturated carbocycles. The molecular weight excluding hydrogens is 374 g/mol. The van der Waals surface area contributed by atoms with E-state index in [0.717, 1.165) is 5.56 Å². The summed E-state index contributed by atoms with van der Waals surface area (Å²) in [6.45, 7) is 0.475. The fourth-order valence-corrected chi connectivity index (χ4v) is 2.95. The van der Waals surface area contributed by atoms with E-state index >= 15 is 0 Å². The minimum absolute atomic E-state index is 0.178. The van der Waals surface area contributed by atoms with Crippen LogP contribution < -0.4 is 10.6 Å². The number of amides is 3. The number of hydrogen-bond acceptors (Lipinski definition) is 2. The Bertz CT molecular complexity index is 976. The molecule has 0 aliphatic carbocycles. The summed E-state index contributed by atoms with van der Waals surface area (Å²) in [5, 5.41) is 5.97. The lowest BCUT2D eigenvalue weighted by molar-refractivity contribution is 0.0786. The highest BCUT2D eigenvalue weighted by Gasteiger charge is 2.17. The van der Waals surface area contributed by atoms with Gasteiger partial charge in [-0.15, -0.1) is 0 Å². The Kier molecular flexibility index (Phi) is 6.29. The largest absolute Gasteiger partial charge is 0.337 e. The van der Waals surface area contributed by atoms with Gasteiger partial charge in [-0.3, -0.25) is 4.79 Å². The van der Waals surface area contributed by atoms with Gasteiger partial charge in [0.05, 0.1) is 11.3 Å². The Morgan fingerprint density at radius 1 is 0.893 bits per heavy atom. The molecule has 0 saturated heterocycles. The van der Waals surface area contributed by atoms with E-state index in [0.29, 0.717) is 28.5 Å². The van der Waals surface area contributed by atoms with E-state index in [1.54, 1.807) is 60.5 Å². The van der Waals surface area contributed by atoms with Crippen molar-refractivity contribution < 1.29 is 9.59 Å². The molecule has 3 aromatic carbocycles. The maximum atomic E-state index is 12.9. The SMILES string of the molecule is CN(Cc1ccccc1)C(=O)c1ccccc1NC(=O)Nc1cccc(Cl)c1. The maximum absolute atomic E-state index is 12.9. The molecule has 0 aromatic heterocycles. The number of nitrogens with zero attached hydrogens (tertiary/aromatic N) is 1. The summed E-state index contributed by atoms with van der Waals surface area (Å²) < 4.78 is 0. The molecule has 3 rings (SSSR count). The second kappa shape index (κ2) is 9.06. The summed E-state index contributed by atoms with van der Waals surface area (Å²) in [7, 11) is 1.73. The molecule has 6 heteroatoms. The van der Waals surface area contributed by atoms with E-state index in [4.69, 9.17) is 11.6 Å². The van der Waals surface area contributed by atoms with E-state index in [1.165, 1.54) is 0 Å². The van der Waals surface area contributed by atoms with E-state index in [-0.39, 0.29) is 5.91 Å². The Hall–Kier alpha value is -3.31. The molecule has 5 nitrogen and oxygen atoms in total. The molecule has 28 heavy (non-hydrogen) atoms. The summed E-state index contributed by atoms with van der Waals surface area (Å²) >= 11 is 5.93. The van der Waals surface area contributed by atoms with Crippen LogP contribution in [-0.2, 0) is 6.54 Å². The summed E-state index contributed by atoms with van der Waals surface area (Å²) in [6.07, 6.45) is 0. The van der Waals surface area contributed by atoms with Crippen molar-refractivity contribution in [3.05, 3.63) is 95.0 Å². The number of rotatable bonds is 5. The molecule has 0 atom stereocenters. The molecule has 2 N–H and O–H groups in total. The van der Waals surface area contributed by atoms with E-state index < -0.39 is 6.03 Å². The molecule has 0 fully saturated rings. The van der Waals surface area contributed by atoms with Gasteiger partial charge in [0.25, 0.3) is 5.91 Å². The molecule has 3 amide bonds. The third kappa shape index (κ3) is 5.11. The van der Waals surface area contributed by atoms with Crippen molar-refractivity contribution in [1.82, 2.24) is 4.90 Å². The molecule has 0 aliphatic rings. The Morgan fingerprint density at radius 2 is 1.61 bits per heavy atom. The lowest BCUT2D eigenvalue weighted by Gasteiger charge is -2.19. The van der Waals surface area contributed by atoms with Crippen molar-refractivity contribution in [1.29, 1.82) is 0 Å². The van der Waals surface area contributed by atoms with Gasteiger partial charge >= 0.3 is 6.03 Å². The Morgan fingerprint density at radius 3 is 2.36 bits per heavy atom. The highest BCUT2D eigenvalue weighted by atomic mass is 35.5. The second-order valence-electron chi connectivity index (χ2n) is 6.28. The molecular formula is C22H20ClN3O2. The predicted molar refractivity (Wildman–Crippen MR) is 113 cm³/mol. The highest BCUT2D eigenvalue weighted by Crippen LogP contribution is 2.19. The van der Waals surface area contributed by atoms with Crippen LogP contribution in [0, 0.1) is 0 Å². The lowest BCUT2D eigenvalue weighted by Crippen LogP contribution is -2.28. The van der Waals surface area contributed by atoms with Gasteiger partial charge in [0.1, 0.15) is 0 Å². The number of hydrogen-bond donors (Lipinski definition) is 2. The van der Waals surface area contributed by atoms with Crippen molar-refractivity contribution in [2.75, 3.05) is 17.7 Å². The summed E-state index contributed by atoms with van der Waals surface area (Å²) in [4.78, 5) is 26.8. The van der Waals surface area contributed by atoms with Gasteiger partial charge in [0.2, 0.25) is 0 Å². The van der Waals surface area contributed by atoms with Gasteiger partial charge in [0.15, 0.2) is 0 Å². The van der Waals surface area contributed by atoms with Crippen LogP contribution in [0.5, 0.6) is 0 Å². The minimum Gasteiger partial charge on any atom is -0.337 e. The first-order chi connectivity index (χ1) is 13.5. The third-order valence-corrected chi connectivity index (χ3v) is 4.33. The van der Waals surface area contributed by atoms with Gasteiger partial charge in [0, 0.05) is 24.3 Å². The van der Waals surface area contributed by atoms with Crippen LogP contribution in [0.2, 0.25) is 5.02 Å². The van der Waals surface area contributed by atoms with Crippen molar-refractivity contribution >= 4 is 34.9 Å². The number of urea groups is 1. The average molecular weight is 394 g/mol. The topological polar surface area (TPSA) is 61.4 Å².